The Hall–Kier alpha value is -0.790. The van der Waals surface area contributed by atoms with E-state index in [4.69, 9.17) is 11.6 Å². The maximum absolute atomic E-state index is 6.20. The van der Waals surface area contributed by atoms with E-state index in [-0.39, 0.29) is 5.38 Å². The molecule has 0 aromatic heterocycles. The Bertz CT molecular complexity index is 309. The van der Waals surface area contributed by atoms with Crippen LogP contribution in [0.3, 0.4) is 0 Å². The number of rotatable bonds is 3. The summed E-state index contributed by atoms with van der Waals surface area (Å²) in [5.74, 6) is 0. The molecule has 0 N–H and O–H groups in total. The van der Waals surface area contributed by atoms with E-state index < -0.39 is 0 Å². The Balaban J connectivity index is 2.13. The van der Waals surface area contributed by atoms with Gasteiger partial charge in [0.15, 0.2) is 0 Å². The third kappa shape index (κ3) is 1.70. The van der Waals surface area contributed by atoms with Crippen LogP contribution in [-0.2, 0) is 0 Å². The molecule has 0 radical (unpaired) electrons. The molecule has 0 bridgehead atoms. The molecule has 0 amide bonds. The van der Waals surface area contributed by atoms with Crippen molar-refractivity contribution in [1.82, 2.24) is 4.90 Å². The van der Waals surface area contributed by atoms with Gasteiger partial charge in [0.25, 0.3) is 0 Å². The summed E-state index contributed by atoms with van der Waals surface area (Å²) in [7, 11) is 0. The lowest BCUT2D eigenvalue weighted by Crippen LogP contribution is -2.50. The third-order valence-corrected chi connectivity index (χ3v) is 3.03. The van der Waals surface area contributed by atoms with Crippen molar-refractivity contribution < 1.29 is 0 Å². The first-order valence-corrected chi connectivity index (χ1v) is 5.30. The summed E-state index contributed by atoms with van der Waals surface area (Å²) in [5.41, 5.74) is 1.31. The summed E-state index contributed by atoms with van der Waals surface area (Å²) in [4.78, 5) is 2.33. The highest BCUT2D eigenvalue weighted by atomic mass is 35.5. The largest absolute Gasteiger partial charge is 0.290 e. The van der Waals surface area contributed by atoms with Crippen LogP contribution < -0.4 is 0 Å². The highest BCUT2D eigenvalue weighted by molar-refractivity contribution is 6.21. The fourth-order valence-corrected chi connectivity index (χ4v) is 2.43. The second-order valence-electron chi connectivity index (χ2n) is 3.61. The van der Waals surface area contributed by atoms with Gasteiger partial charge in [-0.25, -0.2) is 0 Å². The molecule has 2 atom stereocenters. The van der Waals surface area contributed by atoms with Crippen LogP contribution in [0.2, 0.25) is 0 Å². The minimum Gasteiger partial charge on any atom is -0.290 e. The second-order valence-corrected chi connectivity index (χ2v) is 4.17. The molecular weight excluding hydrogens is 194 g/mol. The Morgan fingerprint density at radius 2 is 2.14 bits per heavy atom. The summed E-state index contributed by atoms with van der Waals surface area (Å²) in [6.45, 7) is 5.64. The molecule has 2 heteroatoms. The molecule has 0 unspecified atom stereocenters. The first-order valence-electron chi connectivity index (χ1n) is 4.87. The molecule has 0 saturated carbocycles. The summed E-state index contributed by atoms with van der Waals surface area (Å²) >= 11 is 6.20. The Labute approximate surface area is 90.0 Å². The van der Waals surface area contributed by atoms with E-state index in [1.165, 1.54) is 5.56 Å². The van der Waals surface area contributed by atoms with Crippen LogP contribution in [0.5, 0.6) is 0 Å². The highest BCUT2D eigenvalue weighted by Gasteiger charge is 2.37. The second kappa shape index (κ2) is 4.16. The van der Waals surface area contributed by atoms with Crippen LogP contribution in [0, 0.1) is 0 Å². The number of halogens is 1. The number of hydrogen-bond acceptors (Lipinski definition) is 1. The van der Waals surface area contributed by atoms with Crippen molar-refractivity contribution in [2.24, 2.45) is 0 Å². The molecule has 1 aliphatic rings. The van der Waals surface area contributed by atoms with Gasteiger partial charge in [0.1, 0.15) is 0 Å². The van der Waals surface area contributed by atoms with Gasteiger partial charge in [-0.1, -0.05) is 36.4 Å². The summed E-state index contributed by atoms with van der Waals surface area (Å²) < 4.78 is 0. The van der Waals surface area contributed by atoms with Gasteiger partial charge in [-0.2, -0.15) is 0 Å². The van der Waals surface area contributed by atoms with Crippen molar-refractivity contribution in [3.63, 3.8) is 0 Å². The molecule has 1 heterocycles. The van der Waals surface area contributed by atoms with E-state index in [1.54, 1.807) is 0 Å². The van der Waals surface area contributed by atoms with E-state index in [2.05, 4.69) is 35.7 Å². The van der Waals surface area contributed by atoms with Crippen molar-refractivity contribution in [2.45, 2.75) is 11.4 Å². The maximum Gasteiger partial charge on any atom is 0.0660 e. The standard InChI is InChI=1S/C12H14ClN/c1-2-8-14-9-11(13)12(14)10-6-4-3-5-7-10/h2-7,11-12H,1,8-9H2/t11-,12+/m1/s1. The van der Waals surface area contributed by atoms with Gasteiger partial charge in [0, 0.05) is 13.1 Å². The van der Waals surface area contributed by atoms with Crippen LogP contribution in [0.4, 0.5) is 0 Å². The van der Waals surface area contributed by atoms with Gasteiger partial charge in [-0.3, -0.25) is 4.90 Å². The molecule has 74 valence electrons. The van der Waals surface area contributed by atoms with Crippen molar-refractivity contribution >= 4 is 11.6 Å². The maximum atomic E-state index is 6.20. The average molecular weight is 208 g/mol. The zero-order chi connectivity index (χ0) is 9.97. The molecule has 1 aromatic carbocycles. The molecule has 14 heavy (non-hydrogen) atoms. The zero-order valence-corrected chi connectivity index (χ0v) is 8.82. The average Bonchev–Trinajstić information content (AvgIpc) is 2.19. The molecular formula is C12H14ClN. The summed E-state index contributed by atoms with van der Waals surface area (Å²) in [6.07, 6.45) is 1.93. The number of alkyl halides is 1. The van der Waals surface area contributed by atoms with Crippen LogP contribution in [0.1, 0.15) is 11.6 Å². The predicted octanol–water partition coefficient (Wildman–Crippen LogP) is 2.84. The zero-order valence-electron chi connectivity index (χ0n) is 8.07. The normalized spacial score (nSPS) is 26.9. The number of hydrogen-bond donors (Lipinski definition) is 0. The van der Waals surface area contributed by atoms with Gasteiger partial charge in [-0.15, -0.1) is 18.2 Å². The van der Waals surface area contributed by atoms with Gasteiger partial charge < -0.3 is 0 Å². The molecule has 1 fully saturated rings. The van der Waals surface area contributed by atoms with E-state index in [9.17, 15) is 0 Å². The fraction of sp³-hybridized carbons (Fsp3) is 0.333. The molecule has 1 aromatic rings. The number of benzene rings is 1. The van der Waals surface area contributed by atoms with Crippen molar-refractivity contribution in [3.05, 3.63) is 48.6 Å². The predicted molar refractivity (Wildman–Crippen MR) is 60.6 cm³/mol. The van der Waals surface area contributed by atoms with Crippen molar-refractivity contribution in [1.29, 1.82) is 0 Å². The summed E-state index contributed by atoms with van der Waals surface area (Å²) in [5, 5.41) is 0.248. The van der Waals surface area contributed by atoms with E-state index in [0.717, 1.165) is 13.1 Å². The number of likely N-dealkylation sites (tertiary alicyclic amines) is 1. The minimum absolute atomic E-state index is 0.248. The molecule has 1 saturated heterocycles. The first-order chi connectivity index (χ1) is 6.83. The number of nitrogens with zero attached hydrogens (tertiary/aromatic N) is 1. The Morgan fingerprint density at radius 3 is 2.71 bits per heavy atom. The van der Waals surface area contributed by atoms with Crippen LogP contribution >= 0.6 is 11.6 Å². The fourth-order valence-electron chi connectivity index (χ4n) is 1.95. The quantitative estimate of drug-likeness (QED) is 0.544. The van der Waals surface area contributed by atoms with E-state index in [0.29, 0.717) is 6.04 Å². The van der Waals surface area contributed by atoms with Gasteiger partial charge in [0.2, 0.25) is 0 Å². The van der Waals surface area contributed by atoms with E-state index >= 15 is 0 Å². The lowest BCUT2D eigenvalue weighted by molar-refractivity contribution is 0.113. The van der Waals surface area contributed by atoms with Crippen molar-refractivity contribution in [2.75, 3.05) is 13.1 Å². The third-order valence-electron chi connectivity index (χ3n) is 2.65. The first kappa shape index (κ1) is 9.75. The van der Waals surface area contributed by atoms with Crippen LogP contribution in [-0.4, -0.2) is 23.4 Å². The molecule has 2 rings (SSSR count). The smallest absolute Gasteiger partial charge is 0.0660 e. The lowest BCUT2D eigenvalue weighted by atomic mass is 9.94. The Morgan fingerprint density at radius 1 is 1.43 bits per heavy atom. The monoisotopic (exact) mass is 207 g/mol. The summed E-state index contributed by atoms with van der Waals surface area (Å²) in [6, 6.07) is 10.8. The van der Waals surface area contributed by atoms with Crippen LogP contribution in [0.25, 0.3) is 0 Å². The topological polar surface area (TPSA) is 3.24 Å². The van der Waals surface area contributed by atoms with Crippen molar-refractivity contribution in [3.8, 4) is 0 Å². The highest BCUT2D eigenvalue weighted by Crippen LogP contribution is 2.36. The molecule has 1 nitrogen and oxygen atoms in total. The SMILES string of the molecule is C=CCN1C[C@@H](Cl)[C@@H]1c1ccccc1. The molecule has 0 aliphatic carbocycles. The minimum atomic E-state index is 0.248. The molecule has 0 spiro atoms. The van der Waals surface area contributed by atoms with E-state index in [1.807, 2.05) is 12.1 Å². The van der Waals surface area contributed by atoms with Gasteiger partial charge in [0.05, 0.1) is 11.4 Å². The van der Waals surface area contributed by atoms with Crippen LogP contribution in [0.15, 0.2) is 43.0 Å². The Kier molecular flexibility index (Phi) is 2.90. The lowest BCUT2D eigenvalue weighted by Gasteiger charge is -2.45. The van der Waals surface area contributed by atoms with Gasteiger partial charge in [-0.05, 0) is 5.56 Å². The molecule has 1 aliphatic heterocycles. The van der Waals surface area contributed by atoms with Gasteiger partial charge >= 0.3 is 0 Å².